The molecule has 2 aliphatic heterocycles. The summed E-state index contributed by atoms with van der Waals surface area (Å²) in [6, 6.07) is 2.53. The third-order valence-electron chi connectivity index (χ3n) is 5.21. The number of rotatable bonds is 2. The standard InChI is InChI=1S/C15H22N4O2/c1-10-9-21-6-5-18(10)13-7-11-14(20)16-8-12(19(11)17-13)15(2)3-4-15/h7,10,12H,3-6,8-9H2,1-2H3,(H,16,20)/t10-,12+/m1/s1. The van der Waals surface area contributed by atoms with Crippen molar-refractivity contribution < 1.29 is 9.53 Å². The molecule has 1 aliphatic carbocycles. The summed E-state index contributed by atoms with van der Waals surface area (Å²) < 4.78 is 7.46. The first-order valence-electron chi connectivity index (χ1n) is 7.81. The zero-order valence-corrected chi connectivity index (χ0v) is 12.6. The highest BCUT2D eigenvalue weighted by Crippen LogP contribution is 2.54. The number of amides is 1. The van der Waals surface area contributed by atoms with Crippen LogP contribution >= 0.6 is 0 Å². The zero-order chi connectivity index (χ0) is 14.6. The molecule has 2 fully saturated rings. The van der Waals surface area contributed by atoms with Crippen LogP contribution in [0.4, 0.5) is 5.82 Å². The Morgan fingerprint density at radius 2 is 2.29 bits per heavy atom. The SMILES string of the molecule is C[C@@H]1COCCN1c1cc2n(n1)[C@H](C1(C)CC1)CNC2=O. The molecule has 0 aromatic carbocycles. The molecule has 1 saturated carbocycles. The summed E-state index contributed by atoms with van der Waals surface area (Å²) in [6.45, 7) is 7.40. The Morgan fingerprint density at radius 1 is 1.48 bits per heavy atom. The average Bonchev–Trinajstić information content (AvgIpc) is 3.05. The Morgan fingerprint density at radius 3 is 3.00 bits per heavy atom. The minimum Gasteiger partial charge on any atom is -0.377 e. The number of aromatic nitrogens is 2. The van der Waals surface area contributed by atoms with Crippen LogP contribution in [0.1, 0.15) is 43.2 Å². The van der Waals surface area contributed by atoms with Crippen LogP contribution in [-0.4, -0.2) is 48.0 Å². The van der Waals surface area contributed by atoms with Gasteiger partial charge in [0.1, 0.15) is 5.69 Å². The van der Waals surface area contributed by atoms with Crippen molar-refractivity contribution in [3.8, 4) is 0 Å². The summed E-state index contributed by atoms with van der Waals surface area (Å²) in [6.07, 6.45) is 2.44. The van der Waals surface area contributed by atoms with Crippen LogP contribution < -0.4 is 10.2 Å². The van der Waals surface area contributed by atoms with Crippen molar-refractivity contribution in [3.63, 3.8) is 0 Å². The second-order valence-electron chi connectivity index (χ2n) is 6.83. The van der Waals surface area contributed by atoms with E-state index < -0.39 is 0 Å². The summed E-state index contributed by atoms with van der Waals surface area (Å²) in [5, 5.41) is 7.81. The number of anilines is 1. The largest absolute Gasteiger partial charge is 0.377 e. The second kappa shape index (κ2) is 4.47. The first-order valence-corrected chi connectivity index (χ1v) is 7.81. The highest BCUT2D eigenvalue weighted by molar-refractivity contribution is 5.94. The van der Waals surface area contributed by atoms with E-state index in [2.05, 4.69) is 24.1 Å². The Bertz CT molecular complexity index is 578. The van der Waals surface area contributed by atoms with Crippen LogP contribution in [-0.2, 0) is 4.74 Å². The molecule has 1 aromatic rings. The predicted octanol–water partition coefficient (Wildman–Crippen LogP) is 1.19. The van der Waals surface area contributed by atoms with E-state index in [0.717, 1.165) is 25.6 Å². The monoisotopic (exact) mass is 290 g/mol. The second-order valence-corrected chi connectivity index (χ2v) is 6.83. The molecule has 1 saturated heterocycles. The van der Waals surface area contributed by atoms with Crippen molar-refractivity contribution in [1.82, 2.24) is 15.1 Å². The maximum absolute atomic E-state index is 12.1. The molecule has 3 heterocycles. The lowest BCUT2D eigenvalue weighted by molar-refractivity contribution is 0.0889. The number of morpholine rings is 1. The molecule has 6 nitrogen and oxygen atoms in total. The Hall–Kier alpha value is -1.56. The summed E-state index contributed by atoms with van der Waals surface area (Å²) in [5.74, 6) is 0.905. The van der Waals surface area contributed by atoms with Gasteiger partial charge < -0.3 is 15.0 Å². The lowest BCUT2D eigenvalue weighted by atomic mass is 9.97. The fourth-order valence-electron chi connectivity index (χ4n) is 3.43. The molecular formula is C15H22N4O2. The van der Waals surface area contributed by atoms with Gasteiger partial charge in [-0.3, -0.25) is 9.48 Å². The molecule has 4 rings (SSSR count). The van der Waals surface area contributed by atoms with Crippen molar-refractivity contribution in [3.05, 3.63) is 11.8 Å². The number of fused-ring (bicyclic) bond motifs is 1. The quantitative estimate of drug-likeness (QED) is 0.889. The highest BCUT2D eigenvalue weighted by Gasteiger charge is 2.49. The van der Waals surface area contributed by atoms with Gasteiger partial charge >= 0.3 is 0 Å². The Labute approximate surface area is 124 Å². The number of nitrogens with one attached hydrogen (secondary N) is 1. The number of nitrogens with zero attached hydrogens (tertiary/aromatic N) is 3. The van der Waals surface area contributed by atoms with Gasteiger partial charge in [-0.1, -0.05) is 6.92 Å². The van der Waals surface area contributed by atoms with Crippen molar-refractivity contribution in [2.24, 2.45) is 5.41 Å². The summed E-state index contributed by atoms with van der Waals surface area (Å²) in [5.41, 5.74) is 0.996. The molecule has 6 heteroatoms. The zero-order valence-electron chi connectivity index (χ0n) is 12.6. The van der Waals surface area contributed by atoms with Crippen LogP contribution in [0.5, 0.6) is 0 Å². The molecule has 21 heavy (non-hydrogen) atoms. The van der Waals surface area contributed by atoms with Crippen molar-refractivity contribution >= 4 is 11.7 Å². The third kappa shape index (κ3) is 2.04. The Kier molecular flexibility index (Phi) is 2.79. The van der Waals surface area contributed by atoms with Crippen LogP contribution in [0, 0.1) is 5.41 Å². The van der Waals surface area contributed by atoms with Crippen LogP contribution in [0.15, 0.2) is 6.07 Å². The number of hydrogen-bond acceptors (Lipinski definition) is 4. The third-order valence-corrected chi connectivity index (χ3v) is 5.21. The van der Waals surface area contributed by atoms with Gasteiger partial charge in [-0.05, 0) is 25.2 Å². The van der Waals surface area contributed by atoms with Crippen LogP contribution in [0.2, 0.25) is 0 Å². The minimum absolute atomic E-state index is 0.00448. The van der Waals surface area contributed by atoms with Gasteiger partial charge in [-0.25, -0.2) is 0 Å². The van der Waals surface area contributed by atoms with Crippen LogP contribution in [0.3, 0.4) is 0 Å². The molecule has 0 spiro atoms. The number of ether oxygens (including phenoxy) is 1. The molecule has 3 aliphatic rings. The van der Waals surface area contributed by atoms with Crippen molar-refractivity contribution in [1.29, 1.82) is 0 Å². The van der Waals surface area contributed by atoms with Gasteiger partial charge in [-0.2, -0.15) is 5.10 Å². The van der Waals surface area contributed by atoms with Gasteiger partial charge in [0.25, 0.3) is 5.91 Å². The van der Waals surface area contributed by atoms with E-state index >= 15 is 0 Å². The van der Waals surface area contributed by atoms with Crippen molar-refractivity contribution in [2.45, 2.75) is 38.8 Å². The summed E-state index contributed by atoms with van der Waals surface area (Å²) in [4.78, 5) is 14.4. The van der Waals surface area contributed by atoms with E-state index in [1.54, 1.807) is 0 Å². The molecule has 0 unspecified atom stereocenters. The highest BCUT2D eigenvalue weighted by atomic mass is 16.5. The van der Waals surface area contributed by atoms with Gasteiger partial charge in [-0.15, -0.1) is 0 Å². The maximum atomic E-state index is 12.1. The van der Waals surface area contributed by atoms with E-state index in [4.69, 9.17) is 9.84 Å². The van der Waals surface area contributed by atoms with Gasteiger partial charge in [0.05, 0.1) is 25.3 Å². The van der Waals surface area contributed by atoms with E-state index in [0.29, 0.717) is 23.7 Å². The smallest absolute Gasteiger partial charge is 0.269 e. The van der Waals surface area contributed by atoms with Gasteiger partial charge in [0.2, 0.25) is 0 Å². The van der Waals surface area contributed by atoms with Crippen LogP contribution in [0.25, 0.3) is 0 Å². The summed E-state index contributed by atoms with van der Waals surface area (Å²) >= 11 is 0. The van der Waals surface area contributed by atoms with Gasteiger partial charge in [0.15, 0.2) is 5.82 Å². The van der Waals surface area contributed by atoms with Gasteiger partial charge in [0, 0.05) is 19.2 Å². The van der Waals surface area contributed by atoms with E-state index in [1.165, 1.54) is 12.8 Å². The first-order chi connectivity index (χ1) is 10.1. The molecule has 114 valence electrons. The summed E-state index contributed by atoms with van der Waals surface area (Å²) in [7, 11) is 0. The molecule has 1 N–H and O–H groups in total. The molecular weight excluding hydrogens is 268 g/mol. The normalized spacial score (nSPS) is 30.8. The molecule has 2 atom stereocenters. The predicted molar refractivity (Wildman–Crippen MR) is 78.6 cm³/mol. The Balaban J connectivity index is 1.70. The fraction of sp³-hybridized carbons (Fsp3) is 0.733. The number of carbonyl (C=O) groups is 1. The average molecular weight is 290 g/mol. The van der Waals surface area contributed by atoms with E-state index in [-0.39, 0.29) is 11.9 Å². The topological polar surface area (TPSA) is 59.4 Å². The number of hydrogen-bond donors (Lipinski definition) is 1. The molecule has 1 amide bonds. The lowest BCUT2D eigenvalue weighted by Crippen LogP contribution is -2.44. The molecule has 0 bridgehead atoms. The molecule has 1 aromatic heterocycles. The van der Waals surface area contributed by atoms with Crippen molar-refractivity contribution in [2.75, 3.05) is 31.2 Å². The van der Waals surface area contributed by atoms with E-state index in [1.807, 2.05) is 10.7 Å². The minimum atomic E-state index is -0.00448. The lowest BCUT2D eigenvalue weighted by Gasteiger charge is -2.33. The molecule has 0 radical (unpaired) electrons. The first kappa shape index (κ1) is 13.1. The maximum Gasteiger partial charge on any atom is 0.269 e. The van der Waals surface area contributed by atoms with E-state index in [9.17, 15) is 4.79 Å². The fourth-order valence-corrected chi connectivity index (χ4v) is 3.43. The number of carbonyl (C=O) groups excluding carboxylic acids is 1.